The number of benzene rings is 8. The van der Waals surface area contributed by atoms with Crippen LogP contribution in [0.15, 0.2) is 182 Å². The molecule has 2 aromatic heterocycles. The Labute approximate surface area is 300 Å². The van der Waals surface area contributed by atoms with Crippen molar-refractivity contribution in [2.75, 3.05) is 0 Å². The number of aromatic nitrogens is 2. The molecule has 2 nitrogen and oxygen atoms in total. The average Bonchev–Trinajstić information content (AvgIpc) is 3.59. The van der Waals surface area contributed by atoms with E-state index >= 15 is 0 Å². The molecule has 0 spiro atoms. The normalized spacial score (nSPS) is 11.5. The van der Waals surface area contributed by atoms with Crippen molar-refractivity contribution in [3.8, 4) is 56.2 Å². The van der Waals surface area contributed by atoms with Gasteiger partial charge in [-0.2, -0.15) is 0 Å². The van der Waals surface area contributed by atoms with E-state index in [0.29, 0.717) is 5.82 Å². The molecule has 0 saturated heterocycles. The Bertz CT molecular complexity index is 2850. The third-order valence-electron chi connectivity index (χ3n) is 9.83. The van der Waals surface area contributed by atoms with Gasteiger partial charge in [-0.05, 0) is 86.3 Å². The van der Waals surface area contributed by atoms with E-state index in [0.717, 1.165) is 39.2 Å². The maximum absolute atomic E-state index is 5.22. The predicted octanol–water partition coefficient (Wildman–Crippen LogP) is 13.5. The van der Waals surface area contributed by atoms with Crippen LogP contribution in [0.1, 0.15) is 0 Å². The minimum absolute atomic E-state index is 0.712. The lowest BCUT2D eigenvalue weighted by molar-refractivity contribution is 1.18. The lowest BCUT2D eigenvalue weighted by Gasteiger charge is -2.14. The van der Waals surface area contributed by atoms with Crippen LogP contribution in [-0.4, -0.2) is 9.97 Å². The number of hydrogen-bond donors (Lipinski definition) is 0. The molecular weight excluding hydrogens is 637 g/mol. The number of nitrogens with zero attached hydrogens (tertiary/aromatic N) is 2. The van der Waals surface area contributed by atoms with Gasteiger partial charge in [0.05, 0.1) is 11.4 Å². The maximum atomic E-state index is 5.22. The molecule has 0 aliphatic heterocycles. The van der Waals surface area contributed by atoms with Crippen LogP contribution in [0.4, 0.5) is 0 Å². The second-order valence-electron chi connectivity index (χ2n) is 13.0. The van der Waals surface area contributed by atoms with E-state index in [2.05, 4.69) is 158 Å². The van der Waals surface area contributed by atoms with Gasteiger partial charge in [-0.3, -0.25) is 0 Å². The molecule has 0 amide bonds. The van der Waals surface area contributed by atoms with Crippen molar-refractivity contribution in [1.29, 1.82) is 0 Å². The maximum Gasteiger partial charge on any atom is 0.160 e. The first-order chi connectivity index (χ1) is 25.2. The molecule has 0 saturated carbocycles. The molecule has 0 radical (unpaired) electrons. The highest BCUT2D eigenvalue weighted by Crippen LogP contribution is 2.41. The van der Waals surface area contributed by atoms with Crippen LogP contribution >= 0.6 is 11.3 Å². The summed E-state index contributed by atoms with van der Waals surface area (Å²) in [4.78, 5) is 10.3. The fourth-order valence-corrected chi connectivity index (χ4v) is 8.43. The third kappa shape index (κ3) is 5.36. The fourth-order valence-electron chi connectivity index (χ4n) is 7.27. The van der Waals surface area contributed by atoms with Crippen molar-refractivity contribution in [2.45, 2.75) is 0 Å². The molecular formula is C48H30N2S. The van der Waals surface area contributed by atoms with Gasteiger partial charge in [0.15, 0.2) is 5.82 Å². The lowest BCUT2D eigenvalue weighted by Crippen LogP contribution is -1.96. The molecule has 0 unspecified atom stereocenters. The second-order valence-corrected chi connectivity index (χ2v) is 14.1. The van der Waals surface area contributed by atoms with Crippen molar-refractivity contribution < 1.29 is 0 Å². The first-order valence-electron chi connectivity index (χ1n) is 17.2. The van der Waals surface area contributed by atoms with Crippen LogP contribution < -0.4 is 0 Å². The lowest BCUT2D eigenvalue weighted by atomic mass is 9.93. The van der Waals surface area contributed by atoms with E-state index in [1.165, 1.54) is 52.8 Å². The molecule has 0 N–H and O–H groups in total. The molecule has 238 valence electrons. The summed E-state index contributed by atoms with van der Waals surface area (Å²) in [6.45, 7) is 0. The molecule has 0 atom stereocenters. The van der Waals surface area contributed by atoms with Crippen molar-refractivity contribution in [1.82, 2.24) is 9.97 Å². The van der Waals surface area contributed by atoms with Gasteiger partial charge >= 0.3 is 0 Å². The second kappa shape index (κ2) is 12.2. The van der Waals surface area contributed by atoms with E-state index in [9.17, 15) is 0 Å². The molecule has 0 aliphatic rings. The van der Waals surface area contributed by atoms with Crippen molar-refractivity contribution in [3.63, 3.8) is 0 Å². The van der Waals surface area contributed by atoms with E-state index in [1.54, 1.807) is 0 Å². The summed E-state index contributed by atoms with van der Waals surface area (Å²) in [7, 11) is 0. The summed E-state index contributed by atoms with van der Waals surface area (Å²) in [5, 5.41) is 7.68. The number of hydrogen-bond acceptors (Lipinski definition) is 3. The molecule has 3 heteroatoms. The Kier molecular flexibility index (Phi) is 7.04. The van der Waals surface area contributed by atoms with Gasteiger partial charge in [-0.15, -0.1) is 11.3 Å². The minimum atomic E-state index is 0.712. The molecule has 51 heavy (non-hydrogen) atoms. The van der Waals surface area contributed by atoms with E-state index in [4.69, 9.17) is 9.97 Å². The summed E-state index contributed by atoms with van der Waals surface area (Å²) >= 11 is 1.87. The van der Waals surface area contributed by atoms with Gasteiger partial charge < -0.3 is 0 Å². The smallest absolute Gasteiger partial charge is 0.160 e. The average molecular weight is 667 g/mol. The highest BCUT2D eigenvalue weighted by atomic mass is 32.1. The standard InChI is InChI=1S/C48H30N2S/c1-3-13-33(14-4-1)43-30-44(50-48(49-43)34-15-5-2-6-16-34)40-27-38(36-20-19-31-11-7-8-17-35(31)25-36)26-39(28-40)37-21-23-42-46(29-37)51-45-24-22-32-12-9-10-18-41(32)47(42)45/h1-30H. The molecule has 10 rings (SSSR count). The number of rotatable bonds is 5. The Morgan fingerprint density at radius 1 is 0.314 bits per heavy atom. The quantitative estimate of drug-likeness (QED) is 0.183. The predicted molar refractivity (Wildman–Crippen MR) is 217 cm³/mol. The molecule has 0 fully saturated rings. The van der Waals surface area contributed by atoms with Crippen LogP contribution in [0.5, 0.6) is 0 Å². The van der Waals surface area contributed by atoms with Gasteiger partial charge in [0.1, 0.15) is 0 Å². The van der Waals surface area contributed by atoms with Crippen molar-refractivity contribution >= 4 is 53.1 Å². The Morgan fingerprint density at radius 3 is 1.69 bits per heavy atom. The van der Waals surface area contributed by atoms with Crippen molar-refractivity contribution in [3.05, 3.63) is 182 Å². The summed E-state index contributed by atoms with van der Waals surface area (Å²) in [6.07, 6.45) is 0. The zero-order valence-corrected chi connectivity index (χ0v) is 28.4. The molecule has 0 bridgehead atoms. The van der Waals surface area contributed by atoms with Crippen molar-refractivity contribution in [2.24, 2.45) is 0 Å². The van der Waals surface area contributed by atoms with Crippen LogP contribution in [0.25, 0.3) is 97.9 Å². The third-order valence-corrected chi connectivity index (χ3v) is 11.0. The molecule has 2 heterocycles. The molecule has 8 aromatic carbocycles. The van der Waals surface area contributed by atoms with Crippen LogP contribution in [0, 0.1) is 0 Å². The van der Waals surface area contributed by atoms with Gasteiger partial charge in [-0.1, -0.05) is 140 Å². The van der Waals surface area contributed by atoms with Crippen LogP contribution in [0.3, 0.4) is 0 Å². The van der Waals surface area contributed by atoms with E-state index in [1.807, 2.05) is 35.6 Å². The van der Waals surface area contributed by atoms with Gasteiger partial charge in [0, 0.05) is 36.9 Å². The summed E-state index contributed by atoms with van der Waals surface area (Å²) < 4.78 is 2.60. The van der Waals surface area contributed by atoms with Crippen LogP contribution in [0.2, 0.25) is 0 Å². The Hall–Kier alpha value is -6.42. The van der Waals surface area contributed by atoms with E-state index < -0.39 is 0 Å². The monoisotopic (exact) mass is 666 g/mol. The Morgan fingerprint density at radius 2 is 0.902 bits per heavy atom. The fraction of sp³-hybridized carbons (Fsp3) is 0. The first-order valence-corrected chi connectivity index (χ1v) is 18.0. The highest BCUT2D eigenvalue weighted by molar-refractivity contribution is 7.26. The van der Waals surface area contributed by atoms with Crippen LogP contribution in [-0.2, 0) is 0 Å². The first kappa shape index (κ1) is 29.5. The summed E-state index contributed by atoms with van der Waals surface area (Å²) in [5.74, 6) is 0.712. The zero-order chi connectivity index (χ0) is 33.7. The highest BCUT2D eigenvalue weighted by Gasteiger charge is 2.15. The largest absolute Gasteiger partial charge is 0.228 e. The minimum Gasteiger partial charge on any atom is -0.228 e. The summed E-state index contributed by atoms with van der Waals surface area (Å²) in [5.41, 5.74) is 9.55. The topological polar surface area (TPSA) is 25.8 Å². The summed E-state index contributed by atoms with van der Waals surface area (Å²) in [6, 6.07) is 65.1. The molecule has 10 aromatic rings. The SMILES string of the molecule is c1ccc(-c2cc(-c3cc(-c4ccc5ccccc5c4)cc(-c4ccc5c(c4)sc4ccc6ccccc6c45)c3)nc(-c3ccccc3)n2)cc1. The Balaban J connectivity index is 1.19. The van der Waals surface area contributed by atoms with Gasteiger partial charge in [-0.25, -0.2) is 9.97 Å². The number of thiophene rings is 1. The van der Waals surface area contributed by atoms with Gasteiger partial charge in [0.2, 0.25) is 0 Å². The number of fused-ring (bicyclic) bond motifs is 6. The molecule has 0 aliphatic carbocycles. The van der Waals surface area contributed by atoms with E-state index in [-0.39, 0.29) is 0 Å². The van der Waals surface area contributed by atoms with Gasteiger partial charge in [0.25, 0.3) is 0 Å². The zero-order valence-electron chi connectivity index (χ0n) is 27.6.